The van der Waals surface area contributed by atoms with Crippen molar-refractivity contribution >= 4 is 11.9 Å². The maximum Gasteiger partial charge on any atom is 0.325 e. The molecule has 0 aromatic heterocycles. The van der Waals surface area contributed by atoms with Gasteiger partial charge in [0.15, 0.2) is 0 Å². The molecule has 0 bridgehead atoms. The second-order valence-corrected chi connectivity index (χ2v) is 5.43. The molecule has 0 unspecified atom stereocenters. The summed E-state index contributed by atoms with van der Waals surface area (Å²) in [6.07, 6.45) is 4.82. The van der Waals surface area contributed by atoms with Gasteiger partial charge < -0.3 is 10.1 Å². The second-order valence-electron chi connectivity index (χ2n) is 5.43. The highest BCUT2D eigenvalue weighted by Gasteiger charge is 2.55. The molecule has 1 N–H and O–H groups in total. The van der Waals surface area contributed by atoms with Crippen molar-refractivity contribution < 1.29 is 14.3 Å². The van der Waals surface area contributed by atoms with Crippen LogP contribution in [0.25, 0.3) is 0 Å². The Balaban J connectivity index is 1.67. The van der Waals surface area contributed by atoms with E-state index in [-0.39, 0.29) is 24.1 Å². The summed E-state index contributed by atoms with van der Waals surface area (Å²) in [6.45, 7) is 2.44. The normalized spacial score (nSPS) is 35.2. The average molecular weight is 238 g/mol. The number of rotatable bonds is 2. The molecule has 0 aromatic rings. The number of imide groups is 1. The van der Waals surface area contributed by atoms with Crippen LogP contribution in [-0.4, -0.2) is 41.1 Å². The Hall–Kier alpha value is -1.10. The highest BCUT2D eigenvalue weighted by Crippen LogP contribution is 2.37. The van der Waals surface area contributed by atoms with Crippen LogP contribution >= 0.6 is 0 Å². The first-order valence-corrected chi connectivity index (χ1v) is 6.40. The number of amides is 3. The van der Waals surface area contributed by atoms with Gasteiger partial charge in [0.25, 0.3) is 5.91 Å². The highest BCUT2D eigenvalue weighted by molar-refractivity contribution is 6.07. The molecule has 2 atom stereocenters. The van der Waals surface area contributed by atoms with Gasteiger partial charge in [-0.15, -0.1) is 0 Å². The fourth-order valence-corrected chi connectivity index (χ4v) is 2.93. The van der Waals surface area contributed by atoms with E-state index < -0.39 is 5.54 Å². The third kappa shape index (κ3) is 1.64. The Labute approximate surface area is 100 Å². The lowest BCUT2D eigenvalue weighted by molar-refractivity contribution is -0.135. The Bertz CT molecular complexity index is 365. The molecule has 0 aromatic carbocycles. The van der Waals surface area contributed by atoms with Crippen LogP contribution in [0.2, 0.25) is 0 Å². The second kappa shape index (κ2) is 3.70. The number of nitrogens with one attached hydrogen (secondary N) is 1. The van der Waals surface area contributed by atoms with E-state index in [1.807, 2.05) is 6.92 Å². The summed E-state index contributed by atoms with van der Waals surface area (Å²) >= 11 is 0. The van der Waals surface area contributed by atoms with Crippen LogP contribution in [0.3, 0.4) is 0 Å². The number of urea groups is 1. The van der Waals surface area contributed by atoms with Crippen molar-refractivity contribution in [1.82, 2.24) is 10.2 Å². The largest absolute Gasteiger partial charge is 0.373 e. The van der Waals surface area contributed by atoms with E-state index >= 15 is 0 Å². The first-order valence-electron chi connectivity index (χ1n) is 6.40. The first kappa shape index (κ1) is 11.0. The summed E-state index contributed by atoms with van der Waals surface area (Å²) in [5.41, 5.74) is -0.554. The predicted octanol–water partition coefficient (Wildman–Crippen LogP) is 1.03. The molecule has 94 valence electrons. The Morgan fingerprint density at radius 1 is 1.41 bits per heavy atom. The van der Waals surface area contributed by atoms with Gasteiger partial charge in [-0.2, -0.15) is 0 Å². The maximum atomic E-state index is 12.2. The third-order valence-electron chi connectivity index (χ3n) is 4.16. The van der Waals surface area contributed by atoms with E-state index in [4.69, 9.17) is 4.74 Å². The zero-order chi connectivity index (χ0) is 12.0. The van der Waals surface area contributed by atoms with E-state index in [1.54, 1.807) is 0 Å². The SMILES string of the molecule is C[C@@H]1CC[C@@H](CN2C(=O)NC3(CCC3)C2=O)O1. The molecule has 2 aliphatic heterocycles. The molecule has 3 amide bonds. The maximum absolute atomic E-state index is 12.2. The van der Waals surface area contributed by atoms with Crippen LogP contribution < -0.4 is 5.32 Å². The summed E-state index contributed by atoms with van der Waals surface area (Å²) in [5.74, 6) is -0.0445. The van der Waals surface area contributed by atoms with Crippen LogP contribution in [-0.2, 0) is 9.53 Å². The molecule has 2 saturated heterocycles. The van der Waals surface area contributed by atoms with E-state index in [0.29, 0.717) is 6.54 Å². The number of carbonyl (C=O) groups is 2. The topological polar surface area (TPSA) is 58.6 Å². The molecule has 17 heavy (non-hydrogen) atoms. The number of hydrogen-bond acceptors (Lipinski definition) is 3. The lowest BCUT2D eigenvalue weighted by Crippen LogP contribution is -2.52. The summed E-state index contributed by atoms with van der Waals surface area (Å²) in [7, 11) is 0. The summed E-state index contributed by atoms with van der Waals surface area (Å²) < 4.78 is 5.67. The van der Waals surface area contributed by atoms with Gasteiger partial charge in [0.1, 0.15) is 5.54 Å². The van der Waals surface area contributed by atoms with E-state index in [9.17, 15) is 9.59 Å². The standard InChI is InChI=1S/C12H18N2O3/c1-8-3-4-9(17-8)7-14-10(15)12(5-2-6-12)13-11(14)16/h8-9H,2-7H2,1H3,(H,13,16)/t8-,9+/m1/s1. The van der Waals surface area contributed by atoms with Crippen molar-refractivity contribution in [2.24, 2.45) is 0 Å². The molecular weight excluding hydrogens is 220 g/mol. The molecule has 1 aliphatic carbocycles. The van der Waals surface area contributed by atoms with E-state index in [1.165, 1.54) is 4.90 Å². The summed E-state index contributed by atoms with van der Waals surface area (Å²) in [4.78, 5) is 25.3. The van der Waals surface area contributed by atoms with Crippen molar-refractivity contribution in [3.05, 3.63) is 0 Å². The summed E-state index contributed by atoms with van der Waals surface area (Å²) in [5, 5.41) is 2.83. The molecule has 5 nitrogen and oxygen atoms in total. The molecule has 1 spiro atoms. The van der Waals surface area contributed by atoms with Crippen LogP contribution in [0.5, 0.6) is 0 Å². The summed E-state index contributed by atoms with van der Waals surface area (Å²) in [6, 6.07) is -0.238. The highest BCUT2D eigenvalue weighted by atomic mass is 16.5. The molecule has 3 fully saturated rings. The van der Waals surface area contributed by atoms with Crippen molar-refractivity contribution in [1.29, 1.82) is 0 Å². The fraction of sp³-hybridized carbons (Fsp3) is 0.833. The number of ether oxygens (including phenoxy) is 1. The lowest BCUT2D eigenvalue weighted by Gasteiger charge is -2.35. The molecular formula is C12H18N2O3. The fourth-order valence-electron chi connectivity index (χ4n) is 2.93. The number of hydrogen-bond donors (Lipinski definition) is 1. The van der Waals surface area contributed by atoms with Crippen molar-refractivity contribution in [3.8, 4) is 0 Å². The van der Waals surface area contributed by atoms with Gasteiger partial charge in [-0.05, 0) is 39.0 Å². The van der Waals surface area contributed by atoms with Gasteiger partial charge in [0.05, 0.1) is 18.8 Å². The monoisotopic (exact) mass is 238 g/mol. The predicted molar refractivity (Wildman–Crippen MR) is 60.4 cm³/mol. The van der Waals surface area contributed by atoms with Gasteiger partial charge in [-0.3, -0.25) is 9.69 Å². The van der Waals surface area contributed by atoms with Gasteiger partial charge in [-0.1, -0.05) is 0 Å². The minimum absolute atomic E-state index is 0.0231. The quantitative estimate of drug-likeness (QED) is 0.731. The number of carbonyl (C=O) groups excluding carboxylic acids is 2. The van der Waals surface area contributed by atoms with Crippen LogP contribution in [0, 0.1) is 0 Å². The molecule has 0 radical (unpaired) electrons. The van der Waals surface area contributed by atoms with Gasteiger partial charge in [-0.25, -0.2) is 4.79 Å². The van der Waals surface area contributed by atoms with Gasteiger partial charge in [0, 0.05) is 0 Å². The van der Waals surface area contributed by atoms with Gasteiger partial charge in [0.2, 0.25) is 0 Å². The molecule has 3 aliphatic rings. The average Bonchev–Trinajstić information content (AvgIpc) is 2.74. The first-order chi connectivity index (χ1) is 8.11. The molecule has 2 heterocycles. The Morgan fingerprint density at radius 2 is 2.18 bits per heavy atom. The minimum Gasteiger partial charge on any atom is -0.373 e. The Kier molecular flexibility index (Phi) is 2.40. The zero-order valence-electron chi connectivity index (χ0n) is 10.1. The van der Waals surface area contributed by atoms with Crippen molar-refractivity contribution in [3.63, 3.8) is 0 Å². The molecule has 5 heteroatoms. The van der Waals surface area contributed by atoms with Crippen LogP contribution in [0.15, 0.2) is 0 Å². The smallest absolute Gasteiger partial charge is 0.325 e. The third-order valence-corrected chi connectivity index (χ3v) is 4.16. The van der Waals surface area contributed by atoms with E-state index in [0.717, 1.165) is 32.1 Å². The van der Waals surface area contributed by atoms with Crippen LogP contribution in [0.4, 0.5) is 4.79 Å². The lowest BCUT2D eigenvalue weighted by atomic mass is 9.77. The van der Waals surface area contributed by atoms with Crippen molar-refractivity contribution in [2.45, 2.75) is 56.8 Å². The van der Waals surface area contributed by atoms with Crippen molar-refractivity contribution in [2.75, 3.05) is 6.54 Å². The minimum atomic E-state index is -0.554. The van der Waals surface area contributed by atoms with E-state index in [2.05, 4.69) is 5.32 Å². The molecule has 1 saturated carbocycles. The van der Waals surface area contributed by atoms with Gasteiger partial charge >= 0.3 is 6.03 Å². The molecule has 3 rings (SSSR count). The number of nitrogens with zero attached hydrogens (tertiary/aromatic N) is 1. The zero-order valence-corrected chi connectivity index (χ0v) is 10.1. The van der Waals surface area contributed by atoms with Crippen LogP contribution in [0.1, 0.15) is 39.0 Å². The Morgan fingerprint density at radius 3 is 2.65 bits per heavy atom.